The van der Waals surface area contributed by atoms with Crippen molar-refractivity contribution in [2.45, 2.75) is 6.54 Å². The second-order valence-electron chi connectivity index (χ2n) is 7.73. The van der Waals surface area contributed by atoms with Crippen LogP contribution in [-0.2, 0) is 6.54 Å². The van der Waals surface area contributed by atoms with Gasteiger partial charge in [0.05, 0.1) is 12.1 Å². The van der Waals surface area contributed by atoms with Crippen molar-refractivity contribution < 1.29 is 14.3 Å². The van der Waals surface area contributed by atoms with E-state index < -0.39 is 5.97 Å². The molecule has 8 heteroatoms. The number of hydrogen-bond acceptors (Lipinski definition) is 3. The van der Waals surface area contributed by atoms with Crippen LogP contribution < -0.4 is 10.2 Å². The maximum Gasteiger partial charge on any atom is 0.335 e. The highest BCUT2D eigenvalue weighted by Gasteiger charge is 2.20. The first kappa shape index (κ1) is 22.6. The lowest BCUT2D eigenvalue weighted by Crippen LogP contribution is -2.50. The molecule has 1 aliphatic heterocycles. The lowest BCUT2D eigenvalue weighted by molar-refractivity contribution is 0.0697. The molecule has 1 saturated heterocycles. The zero-order valence-corrected chi connectivity index (χ0v) is 18.7. The molecule has 0 saturated carbocycles. The number of nitrogens with one attached hydrogen (secondary N) is 1. The van der Waals surface area contributed by atoms with Crippen molar-refractivity contribution in [2.75, 3.05) is 36.4 Å². The summed E-state index contributed by atoms with van der Waals surface area (Å²) in [5, 5.41) is 13.3. The van der Waals surface area contributed by atoms with Gasteiger partial charge in [0.25, 0.3) is 0 Å². The first-order valence-electron chi connectivity index (χ1n) is 10.6. The van der Waals surface area contributed by atoms with E-state index in [1.807, 2.05) is 30.3 Å². The zero-order valence-electron chi connectivity index (χ0n) is 17.9. The van der Waals surface area contributed by atoms with Gasteiger partial charge in [-0.15, -0.1) is 0 Å². The number of hydrogen-bond donors (Lipinski definition) is 2. The molecule has 33 heavy (non-hydrogen) atoms. The third-order valence-electron chi connectivity index (χ3n) is 5.46. The maximum absolute atomic E-state index is 13.2. The van der Waals surface area contributed by atoms with Gasteiger partial charge < -0.3 is 20.2 Å². The topological polar surface area (TPSA) is 68.2 Å². The first-order chi connectivity index (χ1) is 16.0. The molecule has 1 fully saturated rings. The Kier molecular flexibility index (Phi) is 7.10. The molecule has 0 amide bonds. The van der Waals surface area contributed by atoms with Crippen LogP contribution in [0.25, 0.3) is 0 Å². The fraction of sp³-hybridized carbons (Fsp3) is 0.200. The van der Waals surface area contributed by atoms with E-state index in [9.17, 15) is 14.3 Å². The molecular weight excluding hydrogens is 443 g/mol. The van der Waals surface area contributed by atoms with Gasteiger partial charge in [0.2, 0.25) is 0 Å². The Morgan fingerprint density at radius 2 is 1.70 bits per heavy atom. The minimum Gasteiger partial charge on any atom is -0.478 e. The minimum atomic E-state index is -0.986. The average molecular weight is 467 g/mol. The van der Waals surface area contributed by atoms with Crippen LogP contribution >= 0.6 is 11.6 Å². The number of piperazine rings is 1. The van der Waals surface area contributed by atoms with E-state index in [1.54, 1.807) is 30.3 Å². The van der Waals surface area contributed by atoms with Crippen LogP contribution in [0.5, 0.6) is 0 Å². The second kappa shape index (κ2) is 10.4. The Bertz CT molecular complexity index is 1130. The van der Waals surface area contributed by atoms with Crippen molar-refractivity contribution in [3.63, 3.8) is 0 Å². The average Bonchev–Trinajstić information content (AvgIpc) is 2.83. The zero-order chi connectivity index (χ0) is 23.2. The van der Waals surface area contributed by atoms with E-state index in [4.69, 9.17) is 16.6 Å². The summed E-state index contributed by atoms with van der Waals surface area (Å²) < 4.78 is 13.2. The molecular formula is C25H24ClFN4O2. The molecule has 1 aliphatic rings. The van der Waals surface area contributed by atoms with Crippen molar-refractivity contribution in [1.82, 2.24) is 4.90 Å². The Morgan fingerprint density at radius 1 is 1.00 bits per heavy atom. The first-order valence-corrected chi connectivity index (χ1v) is 11.0. The summed E-state index contributed by atoms with van der Waals surface area (Å²) in [6.45, 7) is 3.44. The predicted octanol–water partition coefficient (Wildman–Crippen LogP) is 4.97. The Balaban J connectivity index is 1.51. The monoisotopic (exact) mass is 466 g/mol. The summed E-state index contributed by atoms with van der Waals surface area (Å²) in [6, 6.07) is 20.7. The van der Waals surface area contributed by atoms with Gasteiger partial charge in [0.15, 0.2) is 5.96 Å². The van der Waals surface area contributed by atoms with Crippen LogP contribution in [0.3, 0.4) is 0 Å². The molecule has 0 bridgehead atoms. The molecule has 0 radical (unpaired) electrons. The summed E-state index contributed by atoms with van der Waals surface area (Å²) in [5.74, 6) is -0.623. The Hall–Kier alpha value is -3.58. The molecule has 0 spiro atoms. The fourth-order valence-corrected chi connectivity index (χ4v) is 3.79. The molecule has 1 heterocycles. The van der Waals surface area contributed by atoms with Gasteiger partial charge >= 0.3 is 5.97 Å². The van der Waals surface area contributed by atoms with Gasteiger partial charge in [-0.1, -0.05) is 29.8 Å². The number of rotatable bonds is 5. The summed E-state index contributed by atoms with van der Waals surface area (Å²) >= 11 is 6.01. The van der Waals surface area contributed by atoms with Crippen molar-refractivity contribution in [3.8, 4) is 0 Å². The molecule has 4 rings (SSSR count). The molecule has 3 aromatic carbocycles. The van der Waals surface area contributed by atoms with Gasteiger partial charge in [-0.05, 0) is 60.2 Å². The summed E-state index contributed by atoms with van der Waals surface area (Å²) in [7, 11) is 0. The molecule has 6 nitrogen and oxygen atoms in total. The van der Waals surface area contributed by atoms with Crippen LogP contribution in [0.15, 0.2) is 77.8 Å². The molecule has 0 unspecified atom stereocenters. The normalized spacial score (nSPS) is 14.3. The van der Waals surface area contributed by atoms with Crippen LogP contribution in [-0.4, -0.2) is 48.1 Å². The van der Waals surface area contributed by atoms with Crippen molar-refractivity contribution in [2.24, 2.45) is 4.99 Å². The van der Waals surface area contributed by atoms with Crippen LogP contribution in [0.1, 0.15) is 15.9 Å². The van der Waals surface area contributed by atoms with Crippen LogP contribution in [0.4, 0.5) is 15.8 Å². The van der Waals surface area contributed by atoms with Crippen molar-refractivity contribution >= 4 is 34.9 Å². The van der Waals surface area contributed by atoms with E-state index in [1.165, 1.54) is 12.1 Å². The van der Waals surface area contributed by atoms with Crippen molar-refractivity contribution in [3.05, 3.63) is 94.8 Å². The van der Waals surface area contributed by atoms with Crippen LogP contribution in [0, 0.1) is 5.82 Å². The van der Waals surface area contributed by atoms with E-state index in [0.29, 0.717) is 23.2 Å². The lowest BCUT2D eigenvalue weighted by Gasteiger charge is -2.37. The largest absolute Gasteiger partial charge is 0.478 e. The maximum atomic E-state index is 13.2. The predicted molar refractivity (Wildman–Crippen MR) is 130 cm³/mol. The van der Waals surface area contributed by atoms with Gasteiger partial charge in [-0.25, -0.2) is 14.2 Å². The number of aromatic carboxylic acids is 1. The Morgan fingerprint density at radius 3 is 2.36 bits per heavy atom. The molecule has 0 atom stereocenters. The number of carbonyl (C=O) groups is 1. The van der Waals surface area contributed by atoms with Crippen molar-refractivity contribution in [1.29, 1.82) is 0 Å². The third kappa shape index (κ3) is 6.02. The van der Waals surface area contributed by atoms with Gasteiger partial charge in [0.1, 0.15) is 5.82 Å². The SMILES string of the molecule is O=C(O)c1cccc(NC(=NCc2ccc(F)cc2)N2CCN(c3ccc(Cl)cc3)CC2)c1. The van der Waals surface area contributed by atoms with Gasteiger partial charge in [-0.3, -0.25) is 0 Å². The van der Waals surface area contributed by atoms with Crippen LogP contribution in [0.2, 0.25) is 5.02 Å². The number of anilines is 2. The second-order valence-corrected chi connectivity index (χ2v) is 8.16. The number of guanidine groups is 1. The lowest BCUT2D eigenvalue weighted by atomic mass is 10.2. The number of nitrogens with zero attached hydrogens (tertiary/aromatic N) is 3. The van der Waals surface area contributed by atoms with Gasteiger partial charge in [-0.2, -0.15) is 0 Å². The van der Waals surface area contributed by atoms with E-state index in [0.717, 1.165) is 37.4 Å². The van der Waals surface area contributed by atoms with E-state index in [-0.39, 0.29) is 11.4 Å². The smallest absolute Gasteiger partial charge is 0.335 e. The number of aliphatic imine (C=N–C) groups is 1. The molecule has 0 aromatic heterocycles. The summed E-state index contributed by atoms with van der Waals surface area (Å²) in [5.41, 5.74) is 2.85. The molecule has 2 N–H and O–H groups in total. The number of carboxylic acid groups (broad SMARTS) is 1. The highest BCUT2D eigenvalue weighted by molar-refractivity contribution is 6.30. The highest BCUT2D eigenvalue weighted by atomic mass is 35.5. The van der Waals surface area contributed by atoms with Gasteiger partial charge in [0, 0.05) is 42.6 Å². The quantitative estimate of drug-likeness (QED) is 0.410. The van der Waals surface area contributed by atoms with E-state index in [2.05, 4.69) is 15.1 Å². The van der Waals surface area contributed by atoms with E-state index >= 15 is 0 Å². The fourth-order valence-electron chi connectivity index (χ4n) is 3.66. The molecule has 0 aliphatic carbocycles. The summed E-state index contributed by atoms with van der Waals surface area (Å²) in [4.78, 5) is 20.5. The Labute approximate surface area is 196 Å². The third-order valence-corrected chi connectivity index (χ3v) is 5.71. The standard InChI is InChI=1S/C25H24ClFN4O2/c26-20-6-10-23(11-7-20)30-12-14-31(15-13-30)25(28-17-18-4-8-21(27)9-5-18)29-22-3-1-2-19(16-22)24(32)33/h1-11,16H,12-15,17H2,(H,28,29)(H,32,33). The molecule has 3 aromatic rings. The number of halogens is 2. The highest BCUT2D eigenvalue weighted by Crippen LogP contribution is 2.20. The number of carboxylic acids is 1. The molecule has 170 valence electrons. The minimum absolute atomic E-state index is 0.199. The number of benzene rings is 3. The summed E-state index contributed by atoms with van der Waals surface area (Å²) in [6.07, 6.45) is 0.